The zero-order valence-electron chi connectivity index (χ0n) is 17.3. The van der Waals surface area contributed by atoms with E-state index in [1.165, 1.54) is 0 Å². The van der Waals surface area contributed by atoms with Crippen LogP contribution in [0.1, 0.15) is 10.4 Å². The molecule has 0 heterocycles. The molecule has 31 heavy (non-hydrogen) atoms. The smallest absolute Gasteiger partial charge is 0.251 e. The van der Waals surface area contributed by atoms with Crippen LogP contribution in [0.4, 0.5) is 11.4 Å². The van der Waals surface area contributed by atoms with E-state index < -0.39 is 0 Å². The molecular weight excluding hydrogens is 394 g/mol. The Morgan fingerprint density at radius 2 is 1.45 bits per heavy atom. The van der Waals surface area contributed by atoms with E-state index in [0.29, 0.717) is 35.9 Å². The second kappa shape index (κ2) is 11.3. The van der Waals surface area contributed by atoms with E-state index in [4.69, 9.17) is 9.47 Å². The summed E-state index contributed by atoms with van der Waals surface area (Å²) in [5, 5.41) is 8.40. The quantitative estimate of drug-likeness (QED) is 0.438. The lowest BCUT2D eigenvalue weighted by atomic mass is 10.2. The molecule has 7 heteroatoms. The van der Waals surface area contributed by atoms with E-state index in [9.17, 15) is 9.59 Å². The average Bonchev–Trinajstić information content (AvgIpc) is 2.82. The zero-order chi connectivity index (χ0) is 21.9. The molecule has 0 radical (unpaired) electrons. The van der Waals surface area contributed by atoms with Crippen molar-refractivity contribution >= 4 is 23.2 Å². The summed E-state index contributed by atoms with van der Waals surface area (Å²) >= 11 is 0. The van der Waals surface area contributed by atoms with Gasteiger partial charge in [0.2, 0.25) is 5.91 Å². The van der Waals surface area contributed by atoms with Gasteiger partial charge in [-0.1, -0.05) is 24.3 Å². The van der Waals surface area contributed by atoms with Crippen LogP contribution in [0.15, 0.2) is 78.9 Å². The summed E-state index contributed by atoms with van der Waals surface area (Å²) in [6.45, 7) is 0.932. The average molecular weight is 419 g/mol. The van der Waals surface area contributed by atoms with Crippen LogP contribution >= 0.6 is 0 Å². The molecule has 0 aromatic heterocycles. The highest BCUT2D eigenvalue weighted by Crippen LogP contribution is 2.16. The Balaban J connectivity index is 1.40. The van der Waals surface area contributed by atoms with Gasteiger partial charge in [0.1, 0.15) is 24.7 Å². The van der Waals surface area contributed by atoms with Crippen molar-refractivity contribution in [3.05, 3.63) is 84.4 Å². The maximum absolute atomic E-state index is 12.2. The van der Waals surface area contributed by atoms with Gasteiger partial charge in [0.15, 0.2) is 0 Å². The molecule has 0 aliphatic heterocycles. The van der Waals surface area contributed by atoms with Crippen LogP contribution in [0.25, 0.3) is 0 Å². The number of hydrogen-bond donors (Lipinski definition) is 3. The van der Waals surface area contributed by atoms with Gasteiger partial charge < -0.3 is 25.4 Å². The molecule has 0 aliphatic carbocycles. The number of ether oxygens (including phenoxy) is 2. The Labute approximate surface area is 181 Å². The molecule has 3 aromatic rings. The standard InChI is InChI=1S/C24H25N3O4/c1-25-24(29)18-6-5-7-20(16-18)26-17-23(28)27-19-10-12-22(13-11-19)31-15-14-30-21-8-3-2-4-9-21/h2-13,16,26H,14-15,17H2,1H3,(H,25,29)(H,27,28). The molecule has 0 saturated heterocycles. The maximum atomic E-state index is 12.2. The molecule has 7 nitrogen and oxygen atoms in total. The van der Waals surface area contributed by atoms with Crippen molar-refractivity contribution in [3.8, 4) is 11.5 Å². The first kappa shape index (κ1) is 21.7. The van der Waals surface area contributed by atoms with Gasteiger partial charge in [-0.15, -0.1) is 0 Å². The molecule has 0 aliphatic rings. The summed E-state index contributed by atoms with van der Waals surface area (Å²) in [4.78, 5) is 23.9. The lowest BCUT2D eigenvalue weighted by Crippen LogP contribution is -2.22. The maximum Gasteiger partial charge on any atom is 0.251 e. The predicted molar refractivity (Wildman–Crippen MR) is 121 cm³/mol. The summed E-state index contributed by atoms with van der Waals surface area (Å²) in [5.74, 6) is 1.12. The van der Waals surface area contributed by atoms with E-state index in [1.54, 1.807) is 55.6 Å². The SMILES string of the molecule is CNC(=O)c1cccc(NCC(=O)Nc2ccc(OCCOc3ccccc3)cc2)c1. The van der Waals surface area contributed by atoms with Crippen LogP contribution in [-0.4, -0.2) is 38.6 Å². The van der Waals surface area contributed by atoms with Gasteiger partial charge in [0, 0.05) is 24.0 Å². The minimum Gasteiger partial charge on any atom is -0.490 e. The molecule has 3 rings (SSSR count). The topological polar surface area (TPSA) is 88.7 Å². The van der Waals surface area contributed by atoms with Gasteiger partial charge in [-0.05, 0) is 54.6 Å². The predicted octanol–water partition coefficient (Wildman–Crippen LogP) is 3.55. The fourth-order valence-corrected chi connectivity index (χ4v) is 2.77. The van der Waals surface area contributed by atoms with Crippen molar-refractivity contribution < 1.29 is 19.1 Å². The normalized spacial score (nSPS) is 10.1. The van der Waals surface area contributed by atoms with Crippen LogP contribution in [0.3, 0.4) is 0 Å². The number of amides is 2. The van der Waals surface area contributed by atoms with Gasteiger partial charge in [0.25, 0.3) is 5.91 Å². The van der Waals surface area contributed by atoms with E-state index in [1.807, 2.05) is 30.3 Å². The zero-order valence-corrected chi connectivity index (χ0v) is 17.3. The van der Waals surface area contributed by atoms with Gasteiger partial charge >= 0.3 is 0 Å². The number of nitrogens with one attached hydrogen (secondary N) is 3. The second-order valence-electron chi connectivity index (χ2n) is 6.60. The van der Waals surface area contributed by atoms with Crippen molar-refractivity contribution in [1.82, 2.24) is 5.32 Å². The first-order valence-corrected chi connectivity index (χ1v) is 9.90. The van der Waals surface area contributed by atoms with Crippen LogP contribution in [0.2, 0.25) is 0 Å². The van der Waals surface area contributed by atoms with Gasteiger partial charge in [0.05, 0.1) is 6.54 Å². The van der Waals surface area contributed by atoms with Crippen molar-refractivity contribution in [2.24, 2.45) is 0 Å². The van der Waals surface area contributed by atoms with Crippen LogP contribution < -0.4 is 25.4 Å². The fraction of sp³-hybridized carbons (Fsp3) is 0.167. The number of hydrogen-bond acceptors (Lipinski definition) is 5. The summed E-state index contributed by atoms with van der Waals surface area (Å²) in [5.41, 5.74) is 1.88. The first-order valence-electron chi connectivity index (χ1n) is 9.90. The highest BCUT2D eigenvalue weighted by Gasteiger charge is 2.06. The Bertz CT molecular complexity index is 991. The molecule has 3 N–H and O–H groups in total. The van der Waals surface area contributed by atoms with E-state index in [-0.39, 0.29) is 18.4 Å². The van der Waals surface area contributed by atoms with Crippen LogP contribution in [-0.2, 0) is 4.79 Å². The number of carbonyl (C=O) groups is 2. The van der Waals surface area contributed by atoms with Crippen molar-refractivity contribution in [3.63, 3.8) is 0 Å². The van der Waals surface area contributed by atoms with Crippen molar-refractivity contribution in [2.45, 2.75) is 0 Å². The first-order chi connectivity index (χ1) is 15.1. The van der Waals surface area contributed by atoms with Gasteiger partial charge in [-0.25, -0.2) is 0 Å². The van der Waals surface area contributed by atoms with Crippen molar-refractivity contribution in [1.29, 1.82) is 0 Å². The molecule has 160 valence electrons. The van der Waals surface area contributed by atoms with Gasteiger partial charge in [-0.3, -0.25) is 9.59 Å². The molecule has 0 fully saturated rings. The van der Waals surface area contributed by atoms with E-state index in [0.717, 1.165) is 5.75 Å². The third-order valence-corrected chi connectivity index (χ3v) is 4.31. The highest BCUT2D eigenvalue weighted by molar-refractivity contribution is 5.96. The van der Waals surface area contributed by atoms with E-state index in [2.05, 4.69) is 16.0 Å². The molecule has 2 amide bonds. The second-order valence-corrected chi connectivity index (χ2v) is 6.60. The number of rotatable bonds is 10. The van der Waals surface area contributed by atoms with E-state index >= 15 is 0 Å². The molecule has 0 saturated carbocycles. The monoisotopic (exact) mass is 419 g/mol. The minimum atomic E-state index is -0.199. The minimum absolute atomic E-state index is 0.0757. The van der Waals surface area contributed by atoms with Gasteiger partial charge in [-0.2, -0.15) is 0 Å². The van der Waals surface area contributed by atoms with Crippen LogP contribution in [0.5, 0.6) is 11.5 Å². The Morgan fingerprint density at radius 1 is 0.774 bits per heavy atom. The molecule has 0 bridgehead atoms. The van der Waals surface area contributed by atoms with Crippen molar-refractivity contribution in [2.75, 3.05) is 37.4 Å². The molecular formula is C24H25N3O4. The lowest BCUT2D eigenvalue weighted by Gasteiger charge is -2.10. The largest absolute Gasteiger partial charge is 0.490 e. The number of carbonyl (C=O) groups excluding carboxylic acids is 2. The summed E-state index contributed by atoms with van der Waals surface area (Å²) in [7, 11) is 1.57. The Kier molecular flexibility index (Phi) is 7.88. The lowest BCUT2D eigenvalue weighted by molar-refractivity contribution is -0.114. The number of para-hydroxylation sites is 1. The fourth-order valence-electron chi connectivity index (χ4n) is 2.77. The number of benzene rings is 3. The molecule has 0 unspecified atom stereocenters. The summed E-state index contributed by atoms with van der Waals surface area (Å²) < 4.78 is 11.2. The molecule has 0 spiro atoms. The number of anilines is 2. The highest BCUT2D eigenvalue weighted by atomic mass is 16.5. The summed E-state index contributed by atoms with van der Waals surface area (Å²) in [6, 6.07) is 23.6. The Morgan fingerprint density at radius 3 is 2.13 bits per heavy atom. The molecule has 3 aromatic carbocycles. The third kappa shape index (κ3) is 7.08. The third-order valence-electron chi connectivity index (χ3n) is 4.31. The molecule has 0 atom stereocenters. The summed E-state index contributed by atoms with van der Waals surface area (Å²) in [6.07, 6.45) is 0. The Hall–Kier alpha value is -4.00. The van der Waals surface area contributed by atoms with Crippen LogP contribution in [0, 0.1) is 0 Å².